The molecular weight excluding hydrogens is 361 g/mol. The Labute approximate surface area is 140 Å². The quantitative estimate of drug-likeness (QED) is 0.442. The van der Waals surface area contributed by atoms with Gasteiger partial charge in [-0.2, -0.15) is 0 Å². The van der Waals surface area contributed by atoms with E-state index in [9.17, 15) is 0 Å². The Morgan fingerprint density at radius 2 is 1.80 bits per heavy atom. The Kier molecular flexibility index (Phi) is 10.5. The second-order valence-corrected chi connectivity index (χ2v) is 4.77. The third kappa shape index (κ3) is 6.59. The van der Waals surface area contributed by atoms with Gasteiger partial charge in [-0.25, -0.2) is 4.99 Å². The number of aliphatic imine (C=N–C) groups is 1. The van der Waals surface area contributed by atoms with Gasteiger partial charge in [0.05, 0.1) is 6.54 Å². The van der Waals surface area contributed by atoms with Crippen molar-refractivity contribution in [3.05, 3.63) is 35.4 Å². The summed E-state index contributed by atoms with van der Waals surface area (Å²) >= 11 is 0. The minimum absolute atomic E-state index is 0. The Bertz CT molecular complexity index is 404. The molecule has 0 amide bonds. The highest BCUT2D eigenvalue weighted by Gasteiger charge is 2.03. The molecule has 2 N–H and O–H groups in total. The number of halogens is 1. The molecule has 0 saturated carbocycles. The first kappa shape index (κ1) is 19.2. The average Bonchev–Trinajstić information content (AvgIpc) is 2.45. The second kappa shape index (κ2) is 10.9. The number of hydrogen-bond acceptors (Lipinski definition) is 1. The summed E-state index contributed by atoms with van der Waals surface area (Å²) in [4.78, 5) is 4.67. The molecule has 4 heteroatoms. The third-order valence-electron chi connectivity index (χ3n) is 3.25. The maximum Gasteiger partial charge on any atom is 0.191 e. The Hall–Kier alpha value is -0.780. The summed E-state index contributed by atoms with van der Waals surface area (Å²) < 4.78 is 0. The molecule has 0 bridgehead atoms. The monoisotopic (exact) mass is 389 g/mol. The number of guanidine groups is 1. The lowest BCUT2D eigenvalue weighted by Crippen LogP contribution is -2.41. The third-order valence-corrected chi connectivity index (χ3v) is 3.25. The summed E-state index contributed by atoms with van der Waals surface area (Å²) in [5.41, 5.74) is 2.69. The van der Waals surface area contributed by atoms with Crippen LogP contribution in [0.2, 0.25) is 0 Å². The van der Waals surface area contributed by atoms with E-state index in [1.54, 1.807) is 0 Å². The van der Waals surface area contributed by atoms with Crippen molar-refractivity contribution in [3.63, 3.8) is 0 Å². The smallest absolute Gasteiger partial charge is 0.191 e. The van der Waals surface area contributed by atoms with Crippen LogP contribution >= 0.6 is 24.0 Å². The zero-order valence-electron chi connectivity index (χ0n) is 13.1. The first-order valence-electron chi connectivity index (χ1n) is 7.32. The summed E-state index contributed by atoms with van der Waals surface area (Å²) in [5.74, 6) is 0.905. The topological polar surface area (TPSA) is 36.4 Å². The van der Waals surface area contributed by atoms with Crippen molar-refractivity contribution in [2.24, 2.45) is 4.99 Å². The van der Waals surface area contributed by atoms with Gasteiger partial charge in [-0.15, -0.1) is 24.0 Å². The molecule has 0 aliphatic carbocycles. The fourth-order valence-corrected chi connectivity index (χ4v) is 1.88. The average molecular weight is 389 g/mol. The largest absolute Gasteiger partial charge is 0.357 e. The number of benzene rings is 1. The summed E-state index contributed by atoms with van der Waals surface area (Å²) in [6.45, 7) is 10.2. The van der Waals surface area contributed by atoms with Crippen LogP contribution in [-0.2, 0) is 13.0 Å². The van der Waals surface area contributed by atoms with Crippen LogP contribution in [0.1, 0.15) is 45.2 Å². The molecule has 0 heterocycles. The maximum absolute atomic E-state index is 4.67. The molecule has 0 saturated heterocycles. The van der Waals surface area contributed by atoms with Crippen LogP contribution in [-0.4, -0.2) is 18.5 Å². The molecule has 0 fully saturated rings. The molecule has 1 unspecified atom stereocenters. The first-order valence-corrected chi connectivity index (χ1v) is 7.32. The second-order valence-electron chi connectivity index (χ2n) is 4.77. The number of nitrogens with one attached hydrogen (secondary N) is 2. The Morgan fingerprint density at radius 1 is 1.15 bits per heavy atom. The van der Waals surface area contributed by atoms with Gasteiger partial charge < -0.3 is 10.6 Å². The standard InChI is InChI=1S/C16H27N3.HI/c1-5-13(4)19-16(17-7-3)18-12-15-11-9-8-10-14(15)6-2;/h8-11,13H,5-7,12H2,1-4H3,(H2,17,18,19);1H. The molecule has 0 radical (unpaired) electrons. The molecular formula is C16H28IN3. The maximum atomic E-state index is 4.67. The van der Waals surface area contributed by atoms with Crippen molar-refractivity contribution in [2.75, 3.05) is 6.54 Å². The normalized spacial score (nSPS) is 12.5. The molecule has 1 rings (SSSR count). The Morgan fingerprint density at radius 3 is 2.35 bits per heavy atom. The van der Waals surface area contributed by atoms with E-state index in [1.807, 2.05) is 0 Å². The molecule has 1 atom stereocenters. The molecule has 0 spiro atoms. The van der Waals surface area contributed by atoms with E-state index >= 15 is 0 Å². The van der Waals surface area contributed by atoms with Gasteiger partial charge in [0.2, 0.25) is 0 Å². The highest BCUT2D eigenvalue weighted by molar-refractivity contribution is 14.0. The van der Waals surface area contributed by atoms with Crippen molar-refractivity contribution in [1.82, 2.24) is 10.6 Å². The lowest BCUT2D eigenvalue weighted by Gasteiger charge is -2.16. The predicted octanol–water partition coefficient (Wildman–Crippen LogP) is 3.72. The van der Waals surface area contributed by atoms with Gasteiger partial charge in [-0.05, 0) is 37.8 Å². The Balaban J connectivity index is 0.00000361. The summed E-state index contributed by atoms with van der Waals surface area (Å²) in [5, 5.41) is 6.71. The van der Waals surface area contributed by atoms with Gasteiger partial charge in [0, 0.05) is 12.6 Å². The van der Waals surface area contributed by atoms with Crippen LogP contribution in [0.3, 0.4) is 0 Å². The highest BCUT2D eigenvalue weighted by atomic mass is 127. The number of hydrogen-bond donors (Lipinski definition) is 2. The van der Waals surface area contributed by atoms with Gasteiger partial charge in [0.1, 0.15) is 0 Å². The van der Waals surface area contributed by atoms with Crippen LogP contribution in [0.5, 0.6) is 0 Å². The van der Waals surface area contributed by atoms with Gasteiger partial charge in [-0.3, -0.25) is 0 Å². The van der Waals surface area contributed by atoms with Gasteiger partial charge in [0.25, 0.3) is 0 Å². The van der Waals surface area contributed by atoms with E-state index in [0.29, 0.717) is 6.04 Å². The van der Waals surface area contributed by atoms with Crippen LogP contribution in [0.15, 0.2) is 29.3 Å². The van der Waals surface area contributed by atoms with Crippen molar-refractivity contribution >= 4 is 29.9 Å². The molecule has 1 aromatic rings. The molecule has 0 aromatic heterocycles. The van der Waals surface area contributed by atoms with Crippen molar-refractivity contribution < 1.29 is 0 Å². The van der Waals surface area contributed by atoms with Crippen LogP contribution < -0.4 is 10.6 Å². The van der Waals surface area contributed by atoms with E-state index in [1.165, 1.54) is 11.1 Å². The minimum atomic E-state index is 0. The van der Waals surface area contributed by atoms with E-state index < -0.39 is 0 Å². The SMILES string of the molecule is CCNC(=NCc1ccccc1CC)NC(C)CC.I. The molecule has 3 nitrogen and oxygen atoms in total. The van der Waals surface area contributed by atoms with Crippen molar-refractivity contribution in [2.45, 2.75) is 53.1 Å². The molecule has 114 valence electrons. The van der Waals surface area contributed by atoms with Crippen LogP contribution in [0, 0.1) is 0 Å². The van der Waals surface area contributed by atoms with Gasteiger partial charge in [0.15, 0.2) is 5.96 Å². The molecule has 1 aromatic carbocycles. The van der Waals surface area contributed by atoms with Gasteiger partial charge >= 0.3 is 0 Å². The van der Waals surface area contributed by atoms with E-state index in [2.05, 4.69) is 67.6 Å². The van der Waals surface area contributed by atoms with E-state index in [0.717, 1.165) is 31.9 Å². The number of rotatable bonds is 6. The minimum Gasteiger partial charge on any atom is -0.357 e. The van der Waals surface area contributed by atoms with Crippen molar-refractivity contribution in [3.8, 4) is 0 Å². The van der Waals surface area contributed by atoms with Crippen molar-refractivity contribution in [1.29, 1.82) is 0 Å². The van der Waals surface area contributed by atoms with Crippen LogP contribution in [0.25, 0.3) is 0 Å². The molecule has 20 heavy (non-hydrogen) atoms. The lowest BCUT2D eigenvalue weighted by atomic mass is 10.1. The molecule has 0 aliphatic heterocycles. The fraction of sp³-hybridized carbons (Fsp3) is 0.562. The zero-order valence-corrected chi connectivity index (χ0v) is 15.4. The zero-order chi connectivity index (χ0) is 14.1. The number of aryl methyl sites for hydroxylation is 1. The molecule has 0 aliphatic rings. The van der Waals surface area contributed by atoms with Crippen LogP contribution in [0.4, 0.5) is 0 Å². The first-order chi connectivity index (χ1) is 9.21. The van der Waals surface area contributed by atoms with E-state index in [4.69, 9.17) is 0 Å². The van der Waals surface area contributed by atoms with Gasteiger partial charge in [-0.1, -0.05) is 38.1 Å². The summed E-state index contributed by atoms with van der Waals surface area (Å²) in [6.07, 6.45) is 2.15. The van der Waals surface area contributed by atoms with E-state index in [-0.39, 0.29) is 24.0 Å². The summed E-state index contributed by atoms with van der Waals surface area (Å²) in [6, 6.07) is 8.96. The summed E-state index contributed by atoms with van der Waals surface area (Å²) in [7, 11) is 0. The fourth-order valence-electron chi connectivity index (χ4n) is 1.88. The highest BCUT2D eigenvalue weighted by Crippen LogP contribution is 2.10. The lowest BCUT2D eigenvalue weighted by molar-refractivity contribution is 0.624. The number of nitrogens with zero attached hydrogens (tertiary/aromatic N) is 1. The predicted molar refractivity (Wildman–Crippen MR) is 98.9 cm³/mol.